The van der Waals surface area contributed by atoms with Crippen LogP contribution in [0.2, 0.25) is 0 Å². The van der Waals surface area contributed by atoms with E-state index in [1.165, 1.54) is 4.31 Å². The first-order valence-electron chi connectivity index (χ1n) is 10.5. The molecule has 1 aliphatic rings. The summed E-state index contributed by atoms with van der Waals surface area (Å²) in [6.07, 6.45) is 2.87. The van der Waals surface area contributed by atoms with Crippen LogP contribution in [-0.2, 0) is 21.2 Å². The van der Waals surface area contributed by atoms with Crippen LogP contribution in [0.5, 0.6) is 11.5 Å². The third kappa shape index (κ3) is 6.21. The van der Waals surface area contributed by atoms with Gasteiger partial charge in [0.1, 0.15) is 18.1 Å². The van der Waals surface area contributed by atoms with E-state index < -0.39 is 10.0 Å². The molecule has 2 aromatic rings. The van der Waals surface area contributed by atoms with Crippen molar-refractivity contribution < 1.29 is 22.7 Å². The largest absolute Gasteiger partial charge is 0.496 e. The summed E-state index contributed by atoms with van der Waals surface area (Å²) in [4.78, 5) is 12.3. The molecule has 0 saturated carbocycles. The van der Waals surface area contributed by atoms with E-state index in [9.17, 15) is 13.2 Å². The van der Waals surface area contributed by atoms with E-state index in [-0.39, 0.29) is 10.8 Å². The van der Waals surface area contributed by atoms with Gasteiger partial charge in [0.25, 0.3) is 0 Å². The molecular formula is C23H30N2O5S. The number of benzene rings is 2. The third-order valence-electron chi connectivity index (χ3n) is 5.32. The smallest absolute Gasteiger partial charge is 0.243 e. The summed E-state index contributed by atoms with van der Waals surface area (Å²) >= 11 is 0. The fourth-order valence-corrected chi connectivity index (χ4v) is 5.10. The monoisotopic (exact) mass is 446 g/mol. The molecule has 0 aliphatic carbocycles. The maximum absolute atomic E-state index is 12.5. The molecule has 0 atom stereocenters. The number of hydrogen-bond donors (Lipinski definition) is 1. The van der Waals surface area contributed by atoms with Crippen molar-refractivity contribution in [3.63, 3.8) is 0 Å². The predicted molar refractivity (Wildman–Crippen MR) is 119 cm³/mol. The van der Waals surface area contributed by atoms with Gasteiger partial charge in [-0.25, -0.2) is 8.42 Å². The van der Waals surface area contributed by atoms with Gasteiger partial charge in [-0.15, -0.1) is 0 Å². The van der Waals surface area contributed by atoms with Crippen molar-refractivity contribution in [2.75, 3.05) is 33.4 Å². The van der Waals surface area contributed by atoms with Crippen LogP contribution in [0, 0.1) is 6.92 Å². The van der Waals surface area contributed by atoms with Gasteiger partial charge in [-0.1, -0.05) is 12.1 Å². The minimum absolute atomic E-state index is 0.0378. The van der Waals surface area contributed by atoms with E-state index in [1.54, 1.807) is 31.4 Å². The van der Waals surface area contributed by atoms with Crippen LogP contribution in [0.1, 0.15) is 30.4 Å². The number of carbonyl (C=O) groups excluding carboxylic acids is 1. The van der Waals surface area contributed by atoms with Crippen LogP contribution in [0.4, 0.5) is 0 Å². The summed E-state index contributed by atoms with van der Waals surface area (Å²) < 4.78 is 37.4. The number of nitrogens with one attached hydrogen (secondary N) is 1. The lowest BCUT2D eigenvalue weighted by atomic mass is 10.1. The second-order valence-corrected chi connectivity index (χ2v) is 9.52. The lowest BCUT2D eigenvalue weighted by molar-refractivity contribution is -0.121. The molecule has 0 spiro atoms. The molecule has 1 N–H and O–H groups in total. The summed E-state index contributed by atoms with van der Waals surface area (Å²) in [5.41, 5.74) is 2.14. The predicted octanol–water partition coefficient (Wildman–Crippen LogP) is 2.92. The quantitative estimate of drug-likeness (QED) is 0.567. The van der Waals surface area contributed by atoms with E-state index in [0.717, 1.165) is 29.7 Å². The summed E-state index contributed by atoms with van der Waals surface area (Å²) in [5.74, 6) is 1.37. The third-order valence-corrected chi connectivity index (χ3v) is 7.23. The van der Waals surface area contributed by atoms with E-state index >= 15 is 0 Å². The topological polar surface area (TPSA) is 84.9 Å². The highest BCUT2D eigenvalue weighted by molar-refractivity contribution is 7.89. The molecule has 1 fully saturated rings. The summed E-state index contributed by atoms with van der Waals surface area (Å²) in [7, 11) is -1.77. The first-order chi connectivity index (χ1) is 14.9. The van der Waals surface area contributed by atoms with Crippen LogP contribution < -0.4 is 14.8 Å². The maximum Gasteiger partial charge on any atom is 0.243 e. The average molecular weight is 447 g/mol. The normalized spacial score (nSPS) is 14.4. The van der Waals surface area contributed by atoms with Crippen molar-refractivity contribution in [3.8, 4) is 11.5 Å². The van der Waals surface area contributed by atoms with Gasteiger partial charge in [-0.3, -0.25) is 4.79 Å². The number of rotatable bonds is 10. The Balaban J connectivity index is 1.38. The molecule has 1 amide bonds. The molecule has 0 unspecified atom stereocenters. The Morgan fingerprint density at radius 2 is 1.81 bits per heavy atom. The zero-order valence-electron chi connectivity index (χ0n) is 18.1. The summed E-state index contributed by atoms with van der Waals surface area (Å²) in [5, 5.41) is 2.84. The second-order valence-electron chi connectivity index (χ2n) is 7.58. The number of sulfonamides is 1. The minimum Gasteiger partial charge on any atom is -0.496 e. The van der Waals surface area contributed by atoms with E-state index in [2.05, 4.69) is 5.32 Å². The Labute approximate surface area is 184 Å². The zero-order chi connectivity index (χ0) is 22.3. The first kappa shape index (κ1) is 23.1. The fraction of sp³-hybridized carbons (Fsp3) is 0.435. The van der Waals surface area contributed by atoms with Crippen molar-refractivity contribution in [1.82, 2.24) is 9.62 Å². The molecule has 1 heterocycles. The number of methoxy groups -OCH3 is 1. The van der Waals surface area contributed by atoms with Crippen molar-refractivity contribution in [2.45, 2.75) is 37.5 Å². The lowest BCUT2D eigenvalue weighted by Gasteiger charge is -2.15. The molecule has 3 rings (SSSR count). The highest BCUT2D eigenvalue weighted by Crippen LogP contribution is 2.23. The lowest BCUT2D eigenvalue weighted by Crippen LogP contribution is -2.28. The van der Waals surface area contributed by atoms with Crippen molar-refractivity contribution in [3.05, 3.63) is 53.6 Å². The molecule has 0 radical (unpaired) electrons. The Hall–Kier alpha value is -2.58. The molecule has 1 saturated heterocycles. The van der Waals surface area contributed by atoms with Crippen molar-refractivity contribution in [1.29, 1.82) is 0 Å². The van der Waals surface area contributed by atoms with Gasteiger partial charge < -0.3 is 14.8 Å². The summed E-state index contributed by atoms with van der Waals surface area (Å²) in [6, 6.07) is 12.3. The van der Waals surface area contributed by atoms with Crippen molar-refractivity contribution in [2.24, 2.45) is 0 Å². The van der Waals surface area contributed by atoms with Gasteiger partial charge in [0.2, 0.25) is 15.9 Å². The van der Waals surface area contributed by atoms with E-state index in [4.69, 9.17) is 9.47 Å². The Morgan fingerprint density at radius 1 is 1.10 bits per heavy atom. The van der Waals surface area contributed by atoms with Gasteiger partial charge in [-0.2, -0.15) is 4.31 Å². The van der Waals surface area contributed by atoms with E-state index in [1.807, 2.05) is 25.1 Å². The van der Waals surface area contributed by atoms with Gasteiger partial charge in [0.05, 0.1) is 18.6 Å². The van der Waals surface area contributed by atoms with Crippen molar-refractivity contribution >= 4 is 15.9 Å². The molecule has 2 aromatic carbocycles. The molecule has 168 valence electrons. The first-order valence-corrected chi connectivity index (χ1v) is 12.0. The SMILES string of the molecule is COc1ccc(CCC(=O)NCCOc2ccc(S(=O)(=O)N3CCCC3)cc2)cc1C. The van der Waals surface area contributed by atoms with Gasteiger partial charge in [-0.05, 0) is 67.6 Å². The van der Waals surface area contributed by atoms with Crippen LogP contribution >= 0.6 is 0 Å². The van der Waals surface area contributed by atoms with Gasteiger partial charge in [0.15, 0.2) is 0 Å². The highest BCUT2D eigenvalue weighted by atomic mass is 32.2. The molecule has 1 aliphatic heterocycles. The standard InChI is InChI=1S/C23H30N2O5S/c1-18-17-19(5-11-22(18)29-2)6-12-23(26)24-13-16-30-20-7-9-21(10-8-20)31(27,28)25-14-3-4-15-25/h5,7-11,17H,3-4,6,12-16H2,1-2H3,(H,24,26). The van der Waals surface area contributed by atoms with Crippen LogP contribution in [0.25, 0.3) is 0 Å². The zero-order valence-corrected chi connectivity index (χ0v) is 18.9. The number of ether oxygens (including phenoxy) is 2. The van der Waals surface area contributed by atoms with Crippen LogP contribution in [0.15, 0.2) is 47.4 Å². The number of carbonyl (C=O) groups is 1. The minimum atomic E-state index is -3.41. The molecule has 0 aromatic heterocycles. The molecule has 31 heavy (non-hydrogen) atoms. The summed E-state index contributed by atoms with van der Waals surface area (Å²) in [6.45, 7) is 3.84. The maximum atomic E-state index is 12.5. The highest BCUT2D eigenvalue weighted by Gasteiger charge is 2.26. The Bertz CT molecular complexity index is 984. The molecule has 0 bridgehead atoms. The number of hydrogen-bond acceptors (Lipinski definition) is 5. The van der Waals surface area contributed by atoms with Crippen LogP contribution in [0.3, 0.4) is 0 Å². The molecule has 7 nitrogen and oxygen atoms in total. The Morgan fingerprint density at radius 3 is 2.45 bits per heavy atom. The molecule has 8 heteroatoms. The van der Waals surface area contributed by atoms with Gasteiger partial charge >= 0.3 is 0 Å². The van der Waals surface area contributed by atoms with E-state index in [0.29, 0.717) is 44.8 Å². The van der Waals surface area contributed by atoms with Gasteiger partial charge in [0, 0.05) is 19.5 Å². The number of nitrogens with zero attached hydrogens (tertiary/aromatic N) is 1. The average Bonchev–Trinajstić information content (AvgIpc) is 3.32. The number of amides is 1. The fourth-order valence-electron chi connectivity index (χ4n) is 3.59. The van der Waals surface area contributed by atoms with Crippen LogP contribution in [-0.4, -0.2) is 52.0 Å². The Kier molecular flexibility index (Phi) is 7.92. The number of aryl methyl sites for hydroxylation is 2. The second kappa shape index (κ2) is 10.6. The molecular weight excluding hydrogens is 416 g/mol.